The summed E-state index contributed by atoms with van der Waals surface area (Å²) in [4.78, 5) is 17.5. The molecule has 13 nitrogen and oxygen atoms in total. The van der Waals surface area contributed by atoms with Crippen molar-refractivity contribution >= 4 is 64.6 Å². The molecule has 0 spiro atoms. The van der Waals surface area contributed by atoms with Crippen LogP contribution in [-0.2, 0) is 4.74 Å². The zero-order chi connectivity index (χ0) is 37.8. The van der Waals surface area contributed by atoms with Gasteiger partial charge in [-0.05, 0) is 69.5 Å². The minimum absolute atomic E-state index is 0. The van der Waals surface area contributed by atoms with Crippen LogP contribution in [0.3, 0.4) is 0 Å². The van der Waals surface area contributed by atoms with Crippen molar-refractivity contribution in [1.82, 2.24) is 0 Å². The predicted molar refractivity (Wildman–Crippen MR) is 186 cm³/mol. The van der Waals surface area contributed by atoms with Crippen LogP contribution < -0.4 is 10.7 Å². The van der Waals surface area contributed by atoms with Gasteiger partial charge in [0.2, 0.25) is 0 Å². The Balaban J connectivity index is 0. The molecule has 0 fully saturated rings. The van der Waals surface area contributed by atoms with Crippen LogP contribution in [0.2, 0.25) is 0 Å². The normalized spacial score (nSPS) is 9.98. The van der Waals surface area contributed by atoms with Gasteiger partial charge in [0, 0.05) is 47.4 Å². The number of fused-ring (bicyclic) bond motifs is 2. The third kappa shape index (κ3) is 17.8. The molecule has 0 saturated carbocycles. The number of benzene rings is 3. The molecule has 0 aromatic heterocycles. The number of rotatable bonds is 6. The van der Waals surface area contributed by atoms with Gasteiger partial charge in [-0.1, -0.05) is 18.2 Å². The molecule has 0 saturated heterocycles. The summed E-state index contributed by atoms with van der Waals surface area (Å²) in [6, 6.07) is 15.9. The SMILES string of the molecule is CC/N=c1/cc2oc3cc(NCC)c(C)cc3c(-c3ccccc3C(=O)OCC)c-2cc1C.Cl.OB(O)F.OB(O)F.OB(O)F.OB(O)F. The standard InChI is InChI=1S/C28H30N2O3.4BFH2O2.ClH/c1-6-29-23-15-25-21(13-17(23)4)27(19-11-9-10-12-20(19)28(31)32-8-3)22-14-18(5)24(30-7-2)16-26(22)33-25;4*2-1(3)4;/h9-16,29H,6-8H2,1-5H3;4*3-4H;1H/b30-24-;;;;;. The average molecular weight is 734 g/mol. The van der Waals surface area contributed by atoms with Crippen molar-refractivity contribution in [2.75, 3.05) is 25.0 Å². The van der Waals surface area contributed by atoms with Crippen LogP contribution in [0.25, 0.3) is 33.4 Å². The van der Waals surface area contributed by atoms with E-state index in [4.69, 9.17) is 49.3 Å². The van der Waals surface area contributed by atoms with Gasteiger partial charge < -0.3 is 54.7 Å². The quantitative estimate of drug-likeness (QED) is 0.0603. The fourth-order valence-electron chi connectivity index (χ4n) is 4.29. The number of aryl methyl sites for hydroxylation is 2. The first-order valence-corrected chi connectivity index (χ1v) is 14.4. The fourth-order valence-corrected chi connectivity index (χ4v) is 4.29. The summed E-state index contributed by atoms with van der Waals surface area (Å²) in [5.74, 6) is 0.408. The van der Waals surface area contributed by atoms with Crippen molar-refractivity contribution in [3.63, 3.8) is 0 Å². The Bertz CT molecular complexity index is 1590. The van der Waals surface area contributed by atoms with Gasteiger partial charge in [-0.15, -0.1) is 12.4 Å². The number of esters is 1. The Morgan fingerprint density at radius 3 is 1.80 bits per heavy atom. The molecule has 2 aromatic rings. The van der Waals surface area contributed by atoms with Crippen molar-refractivity contribution in [1.29, 1.82) is 0 Å². The second-order valence-electron chi connectivity index (χ2n) is 9.29. The highest BCUT2D eigenvalue weighted by Gasteiger charge is 2.23. The van der Waals surface area contributed by atoms with Crippen molar-refractivity contribution in [3.05, 3.63) is 70.6 Å². The molecular formula is C28H39B4ClF4N2O11. The summed E-state index contributed by atoms with van der Waals surface area (Å²) in [7, 11) is -10.7. The number of halogens is 5. The zero-order valence-electron chi connectivity index (χ0n) is 27.7. The minimum Gasteiger partial charge on any atom is -0.462 e. The van der Waals surface area contributed by atoms with Crippen molar-refractivity contribution in [3.8, 4) is 22.5 Å². The van der Waals surface area contributed by atoms with Gasteiger partial charge >= 0.3 is 35.6 Å². The van der Waals surface area contributed by atoms with Crippen LogP contribution >= 0.6 is 12.4 Å². The Hall–Kier alpha value is -3.65. The molecular weight excluding hydrogens is 695 g/mol. The van der Waals surface area contributed by atoms with E-state index in [1.807, 2.05) is 50.2 Å². The number of carbonyl (C=O) groups excluding carboxylic acids is 1. The van der Waals surface area contributed by atoms with E-state index in [0.29, 0.717) is 18.7 Å². The molecule has 9 N–H and O–H groups in total. The number of carbonyl (C=O) groups is 1. The molecule has 1 aliphatic heterocycles. The summed E-state index contributed by atoms with van der Waals surface area (Å²) >= 11 is 0. The Kier molecular flexibility index (Phi) is 24.5. The second-order valence-corrected chi connectivity index (χ2v) is 9.29. The van der Waals surface area contributed by atoms with Crippen LogP contribution in [0.15, 0.2) is 57.9 Å². The maximum atomic E-state index is 12.9. The lowest BCUT2D eigenvalue weighted by atomic mass is 9.89. The lowest BCUT2D eigenvalue weighted by molar-refractivity contribution is 0.0527. The number of hydrogen-bond donors (Lipinski definition) is 9. The maximum Gasteiger partial charge on any atom is 0.674 e. The van der Waals surface area contributed by atoms with E-state index in [1.165, 1.54) is 0 Å². The number of hydrogen-bond acceptors (Lipinski definition) is 13. The van der Waals surface area contributed by atoms with Crippen molar-refractivity contribution < 1.29 is 71.4 Å². The van der Waals surface area contributed by atoms with Crippen LogP contribution in [0.1, 0.15) is 42.3 Å². The van der Waals surface area contributed by atoms with Gasteiger partial charge in [0.25, 0.3) is 0 Å². The molecule has 0 amide bonds. The molecule has 2 aliphatic rings. The molecule has 0 bridgehead atoms. The zero-order valence-corrected chi connectivity index (χ0v) is 28.5. The molecule has 2 aromatic carbocycles. The first kappa shape index (κ1) is 48.5. The molecule has 0 atom stereocenters. The van der Waals surface area contributed by atoms with Crippen LogP contribution in [0.4, 0.5) is 23.0 Å². The number of nitrogens with one attached hydrogen (secondary N) is 1. The van der Waals surface area contributed by atoms with Crippen LogP contribution in [0.5, 0.6) is 0 Å². The summed E-state index contributed by atoms with van der Waals surface area (Å²) in [5.41, 5.74) is 7.25. The Morgan fingerprint density at radius 1 is 0.800 bits per heavy atom. The van der Waals surface area contributed by atoms with Crippen LogP contribution in [0, 0.1) is 13.8 Å². The van der Waals surface area contributed by atoms with Gasteiger partial charge in [-0.25, -0.2) is 4.79 Å². The van der Waals surface area contributed by atoms with E-state index in [9.17, 15) is 22.1 Å². The van der Waals surface area contributed by atoms with E-state index in [0.717, 1.165) is 62.1 Å². The molecule has 0 radical (unpaired) electrons. The second kappa shape index (κ2) is 25.3. The number of anilines is 1. The van der Waals surface area contributed by atoms with Crippen molar-refractivity contribution in [2.45, 2.75) is 34.6 Å². The third-order valence-corrected chi connectivity index (χ3v) is 5.77. The monoisotopic (exact) mass is 734 g/mol. The van der Waals surface area contributed by atoms with E-state index >= 15 is 0 Å². The van der Waals surface area contributed by atoms with Crippen LogP contribution in [-0.4, -0.2) is 95.4 Å². The highest BCUT2D eigenvalue weighted by molar-refractivity contribution is 6.32. The minimum atomic E-state index is -2.67. The molecule has 22 heteroatoms. The molecule has 0 unspecified atom stereocenters. The van der Waals surface area contributed by atoms with Gasteiger partial charge in [0.1, 0.15) is 11.3 Å². The smallest absolute Gasteiger partial charge is 0.462 e. The molecule has 274 valence electrons. The number of ether oxygens (including phenoxy) is 1. The van der Waals surface area contributed by atoms with Gasteiger partial charge in [-0.2, -0.15) is 0 Å². The van der Waals surface area contributed by atoms with Gasteiger partial charge in [0.15, 0.2) is 0 Å². The summed E-state index contributed by atoms with van der Waals surface area (Å²) in [6.07, 6.45) is 0. The molecule has 1 heterocycles. The highest BCUT2D eigenvalue weighted by Crippen LogP contribution is 2.43. The van der Waals surface area contributed by atoms with Crippen molar-refractivity contribution in [2.24, 2.45) is 4.99 Å². The average Bonchev–Trinajstić information content (AvgIpc) is 2.97. The summed E-state index contributed by atoms with van der Waals surface area (Å²) in [5, 5.41) is 60.8. The lowest BCUT2D eigenvalue weighted by Crippen LogP contribution is -2.10. The van der Waals surface area contributed by atoms with E-state index in [-0.39, 0.29) is 18.4 Å². The summed E-state index contributed by atoms with van der Waals surface area (Å²) in [6.45, 7) is 11.9. The van der Waals surface area contributed by atoms with Gasteiger partial charge in [-0.3, -0.25) is 22.3 Å². The third-order valence-electron chi connectivity index (χ3n) is 5.77. The lowest BCUT2D eigenvalue weighted by Gasteiger charge is -2.19. The van der Waals surface area contributed by atoms with Gasteiger partial charge in [0.05, 0.1) is 17.5 Å². The van der Waals surface area contributed by atoms with E-state index < -0.39 is 29.6 Å². The molecule has 4 rings (SSSR count). The number of nitrogens with zero attached hydrogens (tertiary/aromatic N) is 1. The first-order chi connectivity index (χ1) is 22.9. The topological polar surface area (TPSA) is 226 Å². The Morgan fingerprint density at radius 2 is 1.32 bits per heavy atom. The Labute approximate surface area is 293 Å². The largest absolute Gasteiger partial charge is 0.674 e. The highest BCUT2D eigenvalue weighted by atomic mass is 35.5. The van der Waals surface area contributed by atoms with E-state index in [1.54, 1.807) is 0 Å². The summed E-state index contributed by atoms with van der Waals surface area (Å²) < 4.78 is 52.2. The molecule has 50 heavy (non-hydrogen) atoms. The maximum absolute atomic E-state index is 12.9. The van der Waals surface area contributed by atoms with E-state index in [2.05, 4.69) is 43.2 Å². The first-order valence-electron chi connectivity index (χ1n) is 14.4. The predicted octanol–water partition coefficient (Wildman–Crippen LogP) is 2.47. The fraction of sp³-hybridized carbons (Fsp3) is 0.286. The molecule has 1 aliphatic carbocycles.